The first kappa shape index (κ1) is 16.0. The summed E-state index contributed by atoms with van der Waals surface area (Å²) in [5.41, 5.74) is 3.60. The van der Waals surface area contributed by atoms with Gasteiger partial charge in [0.15, 0.2) is 18.1 Å². The molecule has 0 aliphatic rings. The molecule has 0 saturated carbocycles. The van der Waals surface area contributed by atoms with Crippen molar-refractivity contribution in [2.24, 2.45) is 5.10 Å². The number of methoxy groups -OCH3 is 1. The van der Waals surface area contributed by atoms with Gasteiger partial charge in [0.1, 0.15) is 6.07 Å². The number of aromatic nitrogens is 1. The van der Waals surface area contributed by atoms with Gasteiger partial charge in [-0.25, -0.2) is 5.43 Å². The van der Waals surface area contributed by atoms with Crippen LogP contribution >= 0.6 is 0 Å². The molecule has 7 heteroatoms. The first-order valence-corrected chi connectivity index (χ1v) is 6.66. The molecule has 0 radical (unpaired) electrons. The fourth-order valence-electron chi connectivity index (χ4n) is 1.73. The van der Waals surface area contributed by atoms with E-state index in [4.69, 9.17) is 14.7 Å². The van der Waals surface area contributed by atoms with Crippen molar-refractivity contribution in [1.29, 1.82) is 5.26 Å². The summed E-state index contributed by atoms with van der Waals surface area (Å²) in [6.45, 7) is -0.0637. The summed E-state index contributed by atoms with van der Waals surface area (Å²) < 4.78 is 10.4. The summed E-state index contributed by atoms with van der Waals surface area (Å²) in [6, 6.07) is 10.2. The summed E-state index contributed by atoms with van der Waals surface area (Å²) in [7, 11) is 1.50. The molecule has 2 aromatic rings. The number of rotatable bonds is 6. The maximum Gasteiger partial charge on any atom is 0.271 e. The van der Waals surface area contributed by atoms with Crippen molar-refractivity contribution in [3.63, 3.8) is 0 Å². The zero-order valence-corrected chi connectivity index (χ0v) is 12.4. The number of ether oxygens (including phenoxy) is 2. The molecule has 1 amide bonds. The Balaban J connectivity index is 2.02. The lowest BCUT2D eigenvalue weighted by atomic mass is 10.2. The van der Waals surface area contributed by atoms with Gasteiger partial charge >= 0.3 is 0 Å². The zero-order chi connectivity index (χ0) is 16.5. The summed E-state index contributed by atoms with van der Waals surface area (Å²) in [6.07, 6.45) is 4.54. The predicted molar refractivity (Wildman–Crippen MR) is 83.4 cm³/mol. The van der Waals surface area contributed by atoms with Gasteiger partial charge in [-0.15, -0.1) is 0 Å². The lowest BCUT2D eigenvalue weighted by Crippen LogP contribution is -2.17. The van der Waals surface area contributed by atoms with Crippen molar-refractivity contribution >= 4 is 12.1 Å². The van der Waals surface area contributed by atoms with Crippen molar-refractivity contribution in [1.82, 2.24) is 10.4 Å². The Labute approximate surface area is 133 Å². The van der Waals surface area contributed by atoms with E-state index in [1.54, 1.807) is 30.3 Å². The van der Waals surface area contributed by atoms with Crippen molar-refractivity contribution in [3.05, 3.63) is 53.9 Å². The molecule has 116 valence electrons. The van der Waals surface area contributed by atoms with Crippen LogP contribution in [0.25, 0.3) is 0 Å². The summed E-state index contributed by atoms with van der Waals surface area (Å²) in [5, 5.41) is 12.4. The van der Waals surface area contributed by atoms with Crippen LogP contribution in [0, 0.1) is 11.3 Å². The molecule has 0 spiro atoms. The molecule has 1 N–H and O–H groups in total. The van der Waals surface area contributed by atoms with E-state index in [1.165, 1.54) is 25.7 Å². The molecule has 0 unspecified atom stereocenters. The van der Waals surface area contributed by atoms with Crippen molar-refractivity contribution in [2.75, 3.05) is 13.7 Å². The quantitative estimate of drug-likeness (QED) is 0.647. The summed E-state index contributed by atoms with van der Waals surface area (Å²) in [5.74, 6) is 0.612. The van der Waals surface area contributed by atoms with Gasteiger partial charge in [0.05, 0.1) is 13.3 Å². The topological polar surface area (TPSA) is 96.6 Å². The SMILES string of the molecule is COc1cc(/C=N/NC(=O)c2ccncc2)ccc1OCC#N. The van der Waals surface area contributed by atoms with E-state index in [0.717, 1.165) is 0 Å². The van der Waals surface area contributed by atoms with Crippen LogP contribution < -0.4 is 14.9 Å². The maximum atomic E-state index is 11.8. The molecule has 0 aliphatic heterocycles. The number of hydrogen-bond donors (Lipinski definition) is 1. The van der Waals surface area contributed by atoms with Crippen LogP contribution in [-0.4, -0.2) is 30.8 Å². The molecule has 1 aromatic heterocycles. The highest BCUT2D eigenvalue weighted by atomic mass is 16.5. The van der Waals surface area contributed by atoms with Crippen molar-refractivity contribution < 1.29 is 14.3 Å². The van der Waals surface area contributed by atoms with Gasteiger partial charge in [-0.1, -0.05) is 0 Å². The van der Waals surface area contributed by atoms with Crippen molar-refractivity contribution in [2.45, 2.75) is 0 Å². The number of carbonyl (C=O) groups excluding carboxylic acids is 1. The average molecular weight is 310 g/mol. The third-order valence-electron chi connectivity index (χ3n) is 2.80. The van der Waals surface area contributed by atoms with E-state index in [2.05, 4.69) is 15.5 Å². The Bertz CT molecular complexity index is 739. The van der Waals surface area contributed by atoms with Gasteiger partial charge in [0.25, 0.3) is 5.91 Å². The highest BCUT2D eigenvalue weighted by Gasteiger charge is 2.05. The van der Waals surface area contributed by atoms with Crippen LogP contribution in [0.3, 0.4) is 0 Å². The van der Waals surface area contributed by atoms with Crippen LogP contribution in [0.2, 0.25) is 0 Å². The molecule has 7 nitrogen and oxygen atoms in total. The van der Waals surface area contributed by atoms with E-state index < -0.39 is 0 Å². The van der Waals surface area contributed by atoms with Crippen LogP contribution in [-0.2, 0) is 0 Å². The monoisotopic (exact) mass is 310 g/mol. The minimum Gasteiger partial charge on any atom is -0.493 e. The molecule has 0 fully saturated rings. The van der Waals surface area contributed by atoms with Crippen LogP contribution in [0.1, 0.15) is 15.9 Å². The van der Waals surface area contributed by atoms with E-state index in [0.29, 0.717) is 22.6 Å². The Hall–Kier alpha value is -3.40. The normalized spacial score (nSPS) is 10.1. The smallest absolute Gasteiger partial charge is 0.271 e. The molecular formula is C16H14N4O3. The second-order valence-corrected chi connectivity index (χ2v) is 4.29. The number of hydrogen-bond acceptors (Lipinski definition) is 6. The van der Waals surface area contributed by atoms with Gasteiger partial charge in [0, 0.05) is 18.0 Å². The first-order chi connectivity index (χ1) is 11.2. The zero-order valence-electron chi connectivity index (χ0n) is 12.4. The fraction of sp³-hybridized carbons (Fsp3) is 0.125. The third-order valence-corrected chi connectivity index (χ3v) is 2.80. The molecule has 0 saturated heterocycles. The highest BCUT2D eigenvalue weighted by Crippen LogP contribution is 2.27. The Morgan fingerprint density at radius 1 is 1.35 bits per heavy atom. The molecule has 23 heavy (non-hydrogen) atoms. The molecule has 0 aliphatic carbocycles. The van der Waals surface area contributed by atoms with Crippen LogP contribution in [0.15, 0.2) is 47.8 Å². The van der Waals surface area contributed by atoms with E-state index in [9.17, 15) is 4.79 Å². The van der Waals surface area contributed by atoms with E-state index >= 15 is 0 Å². The number of nitrogens with zero attached hydrogens (tertiary/aromatic N) is 3. The molecule has 0 atom stereocenters. The number of pyridine rings is 1. The fourth-order valence-corrected chi connectivity index (χ4v) is 1.73. The van der Waals surface area contributed by atoms with Gasteiger partial charge < -0.3 is 9.47 Å². The Morgan fingerprint density at radius 3 is 2.83 bits per heavy atom. The molecular weight excluding hydrogens is 296 g/mol. The maximum absolute atomic E-state index is 11.8. The minimum absolute atomic E-state index is 0.0637. The number of hydrazone groups is 1. The number of nitriles is 1. The molecule has 0 bridgehead atoms. The molecule has 2 rings (SSSR count). The highest BCUT2D eigenvalue weighted by molar-refractivity contribution is 5.94. The average Bonchev–Trinajstić information content (AvgIpc) is 2.61. The molecule has 1 aromatic carbocycles. The van der Waals surface area contributed by atoms with E-state index in [-0.39, 0.29) is 12.5 Å². The third kappa shape index (κ3) is 4.54. The molecule has 1 heterocycles. The number of carbonyl (C=O) groups is 1. The van der Waals surface area contributed by atoms with Gasteiger partial charge in [-0.3, -0.25) is 9.78 Å². The Morgan fingerprint density at radius 2 is 2.13 bits per heavy atom. The lowest BCUT2D eigenvalue weighted by Gasteiger charge is -2.08. The van der Waals surface area contributed by atoms with Gasteiger partial charge in [-0.2, -0.15) is 10.4 Å². The first-order valence-electron chi connectivity index (χ1n) is 6.66. The largest absolute Gasteiger partial charge is 0.493 e. The predicted octanol–water partition coefficient (Wildman–Crippen LogP) is 1.76. The second-order valence-electron chi connectivity index (χ2n) is 4.29. The number of nitrogens with one attached hydrogen (secondary N) is 1. The summed E-state index contributed by atoms with van der Waals surface area (Å²) >= 11 is 0. The minimum atomic E-state index is -0.329. The van der Waals surface area contributed by atoms with E-state index in [1.807, 2.05) is 6.07 Å². The number of amides is 1. The summed E-state index contributed by atoms with van der Waals surface area (Å²) in [4.78, 5) is 15.6. The lowest BCUT2D eigenvalue weighted by molar-refractivity contribution is 0.0955. The van der Waals surface area contributed by atoms with Gasteiger partial charge in [0.2, 0.25) is 0 Å². The van der Waals surface area contributed by atoms with Crippen molar-refractivity contribution in [3.8, 4) is 17.6 Å². The number of benzene rings is 1. The van der Waals surface area contributed by atoms with Crippen LogP contribution in [0.4, 0.5) is 0 Å². The standard InChI is InChI=1S/C16H14N4O3/c1-22-15-10-12(2-3-14(15)23-9-6-17)11-19-20-16(21)13-4-7-18-8-5-13/h2-5,7-8,10-11H,9H2,1H3,(H,20,21)/b19-11+. The van der Waals surface area contributed by atoms with Gasteiger partial charge in [-0.05, 0) is 35.9 Å². The Kier molecular flexibility index (Phi) is 5.66. The van der Waals surface area contributed by atoms with Crippen LogP contribution in [0.5, 0.6) is 11.5 Å². The second kappa shape index (κ2) is 8.14.